The number of nitrogen functional groups attached to an aromatic ring is 1. The van der Waals surface area contributed by atoms with E-state index in [0.29, 0.717) is 38.0 Å². The number of carboxylic acids is 1. The third-order valence-corrected chi connectivity index (χ3v) is 11.7. The minimum atomic E-state index is -1.14. The molecular formula is C47H76N6O8. The Morgan fingerprint density at radius 1 is 0.902 bits per heavy atom. The fourth-order valence-corrected chi connectivity index (χ4v) is 8.21. The maximum Gasteiger partial charge on any atom is 0.326 e. The lowest BCUT2D eigenvalue weighted by atomic mass is 9.90. The van der Waals surface area contributed by atoms with E-state index in [-0.39, 0.29) is 48.9 Å². The molecule has 5 N–H and O–H groups in total. The molecule has 0 radical (unpaired) electrons. The van der Waals surface area contributed by atoms with Crippen LogP contribution in [0.15, 0.2) is 54.6 Å². The van der Waals surface area contributed by atoms with Crippen LogP contribution in [0, 0.1) is 17.8 Å². The number of carboxylic acid groups (broad SMARTS) is 1. The number of benzene rings is 2. The van der Waals surface area contributed by atoms with Crippen molar-refractivity contribution in [1.29, 1.82) is 0 Å². The monoisotopic (exact) mass is 853 g/mol. The van der Waals surface area contributed by atoms with Crippen LogP contribution in [0.1, 0.15) is 91.7 Å². The number of likely N-dealkylation sites (N-methyl/N-ethyl adjacent to an activating group) is 2. The van der Waals surface area contributed by atoms with Gasteiger partial charge in [-0.15, -0.1) is 0 Å². The molecule has 2 aromatic carbocycles. The fraction of sp³-hybridized carbons (Fsp3) is 0.638. The largest absolute Gasteiger partial charge is 0.480 e. The van der Waals surface area contributed by atoms with Gasteiger partial charge in [0.25, 0.3) is 0 Å². The van der Waals surface area contributed by atoms with E-state index in [1.807, 2.05) is 94.2 Å². The Morgan fingerprint density at radius 3 is 2.07 bits per heavy atom. The van der Waals surface area contributed by atoms with Gasteiger partial charge in [0.1, 0.15) is 6.04 Å². The molecule has 0 aromatic heterocycles. The van der Waals surface area contributed by atoms with Gasteiger partial charge < -0.3 is 40.7 Å². The Morgan fingerprint density at radius 2 is 1.52 bits per heavy atom. The molecule has 3 rings (SSSR count). The number of rotatable bonds is 23. The molecule has 14 heteroatoms. The van der Waals surface area contributed by atoms with Crippen LogP contribution in [0.2, 0.25) is 0 Å². The second-order valence-corrected chi connectivity index (χ2v) is 16.8. The number of amides is 4. The van der Waals surface area contributed by atoms with Crippen molar-refractivity contribution < 1.29 is 38.6 Å². The average Bonchev–Trinajstić information content (AvgIpc) is 3.72. The van der Waals surface area contributed by atoms with Crippen molar-refractivity contribution in [3.8, 4) is 0 Å². The van der Waals surface area contributed by atoms with E-state index in [4.69, 9.17) is 15.2 Å². The number of anilines is 1. The molecule has 0 saturated carbocycles. The fourth-order valence-electron chi connectivity index (χ4n) is 8.21. The third kappa shape index (κ3) is 16.0. The molecule has 1 aliphatic heterocycles. The van der Waals surface area contributed by atoms with E-state index in [1.54, 1.807) is 23.8 Å². The van der Waals surface area contributed by atoms with Gasteiger partial charge in [-0.3, -0.25) is 24.1 Å². The van der Waals surface area contributed by atoms with Crippen LogP contribution >= 0.6 is 0 Å². The lowest BCUT2D eigenvalue weighted by Crippen LogP contribution is -2.55. The Bertz CT molecular complexity index is 1640. The third-order valence-electron chi connectivity index (χ3n) is 11.7. The van der Waals surface area contributed by atoms with Crippen LogP contribution in [0.5, 0.6) is 0 Å². The first-order valence-electron chi connectivity index (χ1n) is 22.0. The maximum atomic E-state index is 14.1. The number of nitrogens with zero attached hydrogens (tertiary/aromatic N) is 3. The highest BCUT2D eigenvalue weighted by Crippen LogP contribution is 2.29. The van der Waals surface area contributed by atoms with E-state index < -0.39 is 54.2 Å². The highest BCUT2D eigenvalue weighted by Gasteiger charge is 2.42. The number of hydrogen-bond acceptors (Lipinski definition) is 9. The molecule has 1 saturated heterocycles. The average molecular weight is 853 g/mol. The minimum absolute atomic E-state index is 0.00761. The van der Waals surface area contributed by atoms with E-state index in [9.17, 15) is 29.1 Å². The summed E-state index contributed by atoms with van der Waals surface area (Å²) in [5, 5.41) is 15.4. The number of aliphatic carboxylic acids is 1. The van der Waals surface area contributed by atoms with Crippen molar-refractivity contribution in [3.05, 3.63) is 65.7 Å². The minimum Gasteiger partial charge on any atom is -0.480 e. The van der Waals surface area contributed by atoms with Gasteiger partial charge in [0.15, 0.2) is 0 Å². The summed E-state index contributed by atoms with van der Waals surface area (Å²) in [6.07, 6.45) is 2.76. The molecule has 2 aromatic rings. The summed E-state index contributed by atoms with van der Waals surface area (Å²) in [4.78, 5) is 72.3. The summed E-state index contributed by atoms with van der Waals surface area (Å²) in [6.45, 7) is 14.8. The number of likely N-dealkylation sites (tertiary alicyclic amines) is 1. The quantitative estimate of drug-likeness (QED) is 0.111. The van der Waals surface area contributed by atoms with Gasteiger partial charge in [0.2, 0.25) is 23.6 Å². The normalized spacial score (nSPS) is 17.3. The first-order chi connectivity index (χ1) is 28.9. The molecule has 4 amide bonds. The lowest BCUT2D eigenvalue weighted by Gasteiger charge is -2.39. The van der Waals surface area contributed by atoms with E-state index in [0.717, 1.165) is 17.5 Å². The predicted molar refractivity (Wildman–Crippen MR) is 241 cm³/mol. The summed E-state index contributed by atoms with van der Waals surface area (Å²) in [6, 6.07) is 14.3. The number of hydrogen-bond donors (Lipinski definition) is 4. The highest BCUT2D eigenvalue weighted by atomic mass is 16.5. The van der Waals surface area contributed by atoms with Crippen LogP contribution in [-0.4, -0.2) is 134 Å². The lowest BCUT2D eigenvalue weighted by molar-refractivity contribution is -0.147. The van der Waals surface area contributed by atoms with Crippen LogP contribution in [0.4, 0.5) is 5.69 Å². The van der Waals surface area contributed by atoms with Gasteiger partial charge >= 0.3 is 5.97 Å². The van der Waals surface area contributed by atoms with Crippen molar-refractivity contribution in [3.63, 3.8) is 0 Å². The van der Waals surface area contributed by atoms with E-state index in [2.05, 4.69) is 24.5 Å². The van der Waals surface area contributed by atoms with Gasteiger partial charge in [-0.1, -0.05) is 104 Å². The molecule has 0 bridgehead atoms. The number of nitrogens with two attached hydrogens (primary N) is 1. The molecule has 1 heterocycles. The second kappa shape index (κ2) is 26.7. The molecule has 8 unspecified atom stereocenters. The summed E-state index contributed by atoms with van der Waals surface area (Å²) < 4.78 is 11.8. The van der Waals surface area contributed by atoms with E-state index in [1.165, 1.54) is 20.6 Å². The summed E-state index contributed by atoms with van der Waals surface area (Å²) in [5.41, 5.74) is 8.42. The smallest absolute Gasteiger partial charge is 0.326 e. The first-order valence-corrected chi connectivity index (χ1v) is 22.0. The van der Waals surface area contributed by atoms with Gasteiger partial charge in [-0.2, -0.15) is 0 Å². The van der Waals surface area contributed by atoms with Gasteiger partial charge in [-0.25, -0.2) is 4.79 Å². The Kier molecular flexibility index (Phi) is 23.1. The van der Waals surface area contributed by atoms with Gasteiger partial charge in [0, 0.05) is 46.5 Å². The zero-order valence-corrected chi connectivity index (χ0v) is 38.7. The number of ether oxygens (including phenoxy) is 2. The van der Waals surface area contributed by atoms with Crippen LogP contribution in [-0.2, 0) is 46.3 Å². The van der Waals surface area contributed by atoms with Crippen molar-refractivity contribution in [2.45, 2.75) is 130 Å². The van der Waals surface area contributed by atoms with Crippen LogP contribution in [0.25, 0.3) is 0 Å². The molecule has 1 fully saturated rings. The molecule has 0 spiro atoms. The van der Waals surface area contributed by atoms with Crippen LogP contribution < -0.4 is 16.4 Å². The molecule has 61 heavy (non-hydrogen) atoms. The maximum absolute atomic E-state index is 14.1. The van der Waals surface area contributed by atoms with Crippen molar-refractivity contribution in [2.75, 3.05) is 53.7 Å². The molecule has 0 aliphatic carbocycles. The van der Waals surface area contributed by atoms with Crippen molar-refractivity contribution in [2.24, 2.45) is 17.8 Å². The zero-order valence-electron chi connectivity index (χ0n) is 38.7. The second-order valence-electron chi connectivity index (χ2n) is 16.8. The van der Waals surface area contributed by atoms with Gasteiger partial charge in [0.05, 0.1) is 49.2 Å². The Labute approximate surface area is 365 Å². The summed E-state index contributed by atoms with van der Waals surface area (Å²) in [7, 11) is 6.61. The standard InChI is InChI=1S/C44H68N6O8.C3H8/c1-10-29(4)40(49(7)38(52)27-46-43(54)39(28(2)3)48(6)24-22-31-18-20-33(45)21-19-31)36(57-8)26-37(51)50-23-14-17-35(50)41(58-9)30(5)42(53)47-34(44(55)56)25-32-15-12-11-13-16-32;1-3-2/h11-13,15-16,18-21,28-30,34-36,39-41H,10,14,17,22-27,45H2,1-9H3,(H,46,54)(H,47,53)(H,55,56);3H2,1-2H3. The molecule has 14 nitrogen and oxygen atoms in total. The Hall–Kier alpha value is -4.53. The molecular weight excluding hydrogens is 777 g/mol. The number of carbonyl (C=O) groups is 5. The Balaban J connectivity index is 0.00000414. The van der Waals surface area contributed by atoms with Crippen molar-refractivity contribution in [1.82, 2.24) is 25.3 Å². The summed E-state index contributed by atoms with van der Waals surface area (Å²) in [5.74, 6) is -3.16. The first kappa shape index (κ1) is 52.6. The number of nitrogens with one attached hydrogen (secondary N) is 2. The van der Waals surface area contributed by atoms with Crippen molar-refractivity contribution >= 4 is 35.3 Å². The van der Waals surface area contributed by atoms with Crippen LogP contribution in [0.3, 0.4) is 0 Å². The predicted octanol–water partition coefficient (Wildman–Crippen LogP) is 5.03. The molecule has 1 aliphatic rings. The van der Waals surface area contributed by atoms with E-state index >= 15 is 0 Å². The topological polar surface area (TPSA) is 184 Å². The number of methoxy groups -OCH3 is 2. The highest BCUT2D eigenvalue weighted by molar-refractivity contribution is 5.88. The SMILES string of the molecule is CCC.CCC(C)C(C(CC(=O)N1CCCC1C(OC)C(C)C(=O)NC(Cc1ccccc1)C(=O)O)OC)N(C)C(=O)CNC(=O)C(C(C)C)N(C)CCc1ccc(N)cc1. The zero-order chi connectivity index (χ0) is 45.8. The number of carbonyl (C=O) groups excluding carboxylic acids is 4. The van der Waals surface area contributed by atoms with Gasteiger partial charge in [-0.05, 0) is 61.4 Å². The summed E-state index contributed by atoms with van der Waals surface area (Å²) >= 11 is 0. The molecule has 8 atom stereocenters. The molecule has 342 valence electrons.